The molecule has 0 amide bonds. The van der Waals surface area contributed by atoms with Crippen molar-refractivity contribution in [3.8, 4) is 11.4 Å². The van der Waals surface area contributed by atoms with Gasteiger partial charge in [-0.05, 0) is 38.8 Å². The fourth-order valence-corrected chi connectivity index (χ4v) is 4.02. The third-order valence-corrected chi connectivity index (χ3v) is 5.48. The molecule has 3 heterocycles. The van der Waals surface area contributed by atoms with Gasteiger partial charge in [-0.15, -0.1) is 0 Å². The van der Waals surface area contributed by atoms with E-state index in [4.69, 9.17) is 14.8 Å². The number of methoxy groups -OCH3 is 1. The number of hydrogen-bond acceptors (Lipinski definition) is 5. The fraction of sp³-hybridized carbons (Fsp3) is 0.429. The van der Waals surface area contributed by atoms with Gasteiger partial charge in [0.05, 0.1) is 24.2 Å². The van der Waals surface area contributed by atoms with Gasteiger partial charge >= 0.3 is 0 Å². The highest BCUT2D eigenvalue weighted by molar-refractivity contribution is 5.50. The topological polar surface area (TPSA) is 71.0 Å². The van der Waals surface area contributed by atoms with Gasteiger partial charge < -0.3 is 19.9 Å². The van der Waals surface area contributed by atoms with Crippen LogP contribution in [0.5, 0.6) is 5.75 Å². The minimum Gasteiger partial charge on any atom is -0.497 e. The number of benzene rings is 1. The van der Waals surface area contributed by atoms with E-state index in [1.807, 2.05) is 36.9 Å². The van der Waals surface area contributed by atoms with Gasteiger partial charge in [-0.25, -0.2) is 9.67 Å². The summed E-state index contributed by atoms with van der Waals surface area (Å²) in [5.41, 5.74) is 4.40. The highest BCUT2D eigenvalue weighted by Crippen LogP contribution is 2.33. The number of aromatic nitrogens is 4. The summed E-state index contributed by atoms with van der Waals surface area (Å²) >= 11 is 0. The Labute approximate surface area is 165 Å². The van der Waals surface area contributed by atoms with Crippen LogP contribution in [-0.4, -0.2) is 47.0 Å². The van der Waals surface area contributed by atoms with Crippen molar-refractivity contribution in [3.63, 3.8) is 0 Å². The number of nitrogens with zero attached hydrogens (tertiary/aromatic N) is 4. The molecule has 7 heteroatoms. The molecule has 2 N–H and O–H groups in total. The lowest BCUT2D eigenvalue weighted by atomic mass is 9.92. The van der Waals surface area contributed by atoms with Crippen LogP contribution in [0.25, 0.3) is 5.69 Å². The number of aryl methyl sites for hydroxylation is 2. The number of rotatable bonds is 5. The third kappa shape index (κ3) is 3.44. The molecular weight excluding hydrogens is 352 g/mol. The van der Waals surface area contributed by atoms with E-state index < -0.39 is 0 Å². The molecule has 0 saturated carbocycles. The molecule has 2 aromatic heterocycles. The van der Waals surface area contributed by atoms with E-state index in [9.17, 15) is 0 Å². The van der Waals surface area contributed by atoms with Crippen LogP contribution in [0, 0.1) is 13.8 Å². The van der Waals surface area contributed by atoms with Crippen LogP contribution in [0.3, 0.4) is 0 Å². The van der Waals surface area contributed by atoms with E-state index in [-0.39, 0.29) is 0 Å². The van der Waals surface area contributed by atoms with Crippen molar-refractivity contribution < 1.29 is 4.74 Å². The van der Waals surface area contributed by atoms with Crippen LogP contribution >= 0.6 is 0 Å². The summed E-state index contributed by atoms with van der Waals surface area (Å²) in [7, 11) is 3.59. The lowest BCUT2D eigenvalue weighted by molar-refractivity contribution is 0.414. The van der Waals surface area contributed by atoms with Gasteiger partial charge in [0.2, 0.25) is 0 Å². The Balaban J connectivity index is 1.54. The van der Waals surface area contributed by atoms with Crippen molar-refractivity contribution >= 4 is 11.8 Å². The normalized spacial score (nSPS) is 15.1. The summed E-state index contributed by atoms with van der Waals surface area (Å²) in [4.78, 5) is 10.5. The molecule has 1 aliphatic rings. The van der Waals surface area contributed by atoms with E-state index in [0.29, 0.717) is 5.92 Å². The molecular formula is C21H28N6O. The molecule has 1 fully saturated rings. The second kappa shape index (κ2) is 7.58. The predicted octanol–water partition coefficient (Wildman–Crippen LogP) is 3.65. The summed E-state index contributed by atoms with van der Waals surface area (Å²) in [6, 6.07) is 10.2. The zero-order chi connectivity index (χ0) is 19.7. The maximum atomic E-state index is 5.38. The first-order valence-corrected chi connectivity index (χ1v) is 9.79. The number of nitrogens with one attached hydrogen (secondary N) is 2. The largest absolute Gasteiger partial charge is 0.497 e. The SMILES string of the molecule is CNc1nc(C2CCN(c3cc(C)nn3-c3cccc(OC)c3)CC2)c(C)[nH]1. The molecule has 0 bridgehead atoms. The lowest BCUT2D eigenvalue weighted by Gasteiger charge is -2.33. The zero-order valence-electron chi connectivity index (χ0n) is 17.0. The number of imidazole rings is 1. The number of anilines is 2. The number of ether oxygens (including phenoxy) is 1. The Morgan fingerprint density at radius 1 is 1.18 bits per heavy atom. The predicted molar refractivity (Wildman–Crippen MR) is 112 cm³/mol. The van der Waals surface area contributed by atoms with E-state index >= 15 is 0 Å². The average Bonchev–Trinajstić information content (AvgIpc) is 3.30. The smallest absolute Gasteiger partial charge is 0.200 e. The van der Waals surface area contributed by atoms with Gasteiger partial charge in [0.1, 0.15) is 11.6 Å². The monoisotopic (exact) mass is 380 g/mol. The molecule has 0 atom stereocenters. The van der Waals surface area contributed by atoms with Gasteiger partial charge in [0.15, 0.2) is 5.95 Å². The maximum Gasteiger partial charge on any atom is 0.200 e. The second-order valence-corrected chi connectivity index (χ2v) is 7.36. The van der Waals surface area contributed by atoms with E-state index in [1.54, 1.807) is 7.11 Å². The Morgan fingerprint density at radius 2 is 1.96 bits per heavy atom. The first-order valence-electron chi connectivity index (χ1n) is 9.79. The van der Waals surface area contributed by atoms with Crippen molar-refractivity contribution in [2.24, 2.45) is 0 Å². The van der Waals surface area contributed by atoms with Crippen LogP contribution in [0.1, 0.15) is 35.8 Å². The molecule has 3 aromatic rings. The molecule has 0 spiro atoms. The second-order valence-electron chi connectivity index (χ2n) is 7.36. The van der Waals surface area contributed by atoms with Gasteiger partial charge in [0, 0.05) is 43.9 Å². The molecule has 28 heavy (non-hydrogen) atoms. The number of piperidine rings is 1. The number of hydrogen-bond donors (Lipinski definition) is 2. The molecule has 0 radical (unpaired) electrons. The Hall–Kier alpha value is -2.96. The van der Waals surface area contributed by atoms with Crippen LogP contribution in [-0.2, 0) is 0 Å². The molecule has 148 valence electrons. The van der Waals surface area contributed by atoms with E-state index in [2.05, 4.69) is 34.3 Å². The molecule has 0 unspecified atom stereocenters. The van der Waals surface area contributed by atoms with Crippen LogP contribution in [0.4, 0.5) is 11.8 Å². The van der Waals surface area contributed by atoms with Gasteiger partial charge in [-0.3, -0.25) is 0 Å². The number of H-pyrrole nitrogens is 1. The van der Waals surface area contributed by atoms with Crippen molar-refractivity contribution in [1.29, 1.82) is 0 Å². The quantitative estimate of drug-likeness (QED) is 0.707. The van der Waals surface area contributed by atoms with Crippen molar-refractivity contribution in [2.75, 3.05) is 37.5 Å². The highest BCUT2D eigenvalue weighted by atomic mass is 16.5. The molecule has 1 aromatic carbocycles. The summed E-state index contributed by atoms with van der Waals surface area (Å²) in [6.07, 6.45) is 2.16. The summed E-state index contributed by atoms with van der Waals surface area (Å²) < 4.78 is 7.41. The van der Waals surface area contributed by atoms with Crippen LogP contribution in [0.15, 0.2) is 30.3 Å². The summed E-state index contributed by atoms with van der Waals surface area (Å²) in [6.45, 7) is 6.12. The lowest BCUT2D eigenvalue weighted by Crippen LogP contribution is -2.34. The third-order valence-electron chi connectivity index (χ3n) is 5.48. The van der Waals surface area contributed by atoms with Crippen molar-refractivity contribution in [2.45, 2.75) is 32.6 Å². The Kier molecular flexibility index (Phi) is 4.98. The molecule has 0 aliphatic carbocycles. The molecule has 4 rings (SSSR count). The molecule has 7 nitrogen and oxygen atoms in total. The number of aromatic amines is 1. The van der Waals surface area contributed by atoms with Gasteiger partial charge in [-0.2, -0.15) is 5.10 Å². The van der Waals surface area contributed by atoms with Crippen molar-refractivity contribution in [1.82, 2.24) is 19.7 Å². The molecule has 1 aliphatic heterocycles. The fourth-order valence-electron chi connectivity index (χ4n) is 4.02. The first-order chi connectivity index (χ1) is 13.6. The van der Waals surface area contributed by atoms with E-state index in [0.717, 1.165) is 54.8 Å². The van der Waals surface area contributed by atoms with Crippen LogP contribution in [0.2, 0.25) is 0 Å². The Bertz CT molecular complexity index is 952. The van der Waals surface area contributed by atoms with Crippen molar-refractivity contribution in [3.05, 3.63) is 47.4 Å². The van der Waals surface area contributed by atoms with Gasteiger partial charge in [-0.1, -0.05) is 6.07 Å². The summed E-state index contributed by atoms with van der Waals surface area (Å²) in [5.74, 6) is 3.31. The van der Waals surface area contributed by atoms with E-state index in [1.165, 1.54) is 11.4 Å². The minimum atomic E-state index is 0.490. The zero-order valence-corrected chi connectivity index (χ0v) is 17.0. The highest BCUT2D eigenvalue weighted by Gasteiger charge is 2.26. The Morgan fingerprint density at radius 3 is 2.64 bits per heavy atom. The average molecular weight is 380 g/mol. The van der Waals surface area contributed by atoms with Gasteiger partial charge in [0.25, 0.3) is 0 Å². The van der Waals surface area contributed by atoms with Crippen LogP contribution < -0.4 is 15.0 Å². The minimum absolute atomic E-state index is 0.490. The maximum absolute atomic E-state index is 5.38. The molecule has 1 saturated heterocycles. The first kappa shape index (κ1) is 18.4. The standard InChI is InChI=1S/C21H28N6O/c1-14-12-19(27(25-14)17-6-5-7-18(13-17)28-4)26-10-8-16(9-11-26)20-15(2)23-21(22-3)24-20/h5-7,12-13,16H,8-11H2,1-4H3,(H2,22,23,24). The summed E-state index contributed by atoms with van der Waals surface area (Å²) in [5, 5.41) is 7.83.